The van der Waals surface area contributed by atoms with Gasteiger partial charge in [0, 0.05) is 12.8 Å². The number of aliphatic imine (C=N–C) groups is 1. The molecule has 0 aliphatic carbocycles. The lowest BCUT2D eigenvalue weighted by Gasteiger charge is -2.21. The second-order valence-electron chi connectivity index (χ2n) is 6.38. The maximum atomic E-state index is 4.84. The summed E-state index contributed by atoms with van der Waals surface area (Å²) in [6.45, 7) is 3.05. The quantitative estimate of drug-likeness (QED) is 0.764. The zero-order valence-corrected chi connectivity index (χ0v) is 13.9. The smallest absolute Gasteiger partial charge is 0.0861 e. The van der Waals surface area contributed by atoms with Crippen LogP contribution in [0.1, 0.15) is 24.0 Å². The van der Waals surface area contributed by atoms with E-state index in [2.05, 4.69) is 65.4 Å². The molecule has 0 aromatic heterocycles. The molecule has 0 atom stereocenters. The minimum Gasteiger partial charge on any atom is -0.383 e. The first-order valence-corrected chi connectivity index (χ1v) is 8.80. The lowest BCUT2D eigenvalue weighted by atomic mass is 9.90. The Kier molecular flexibility index (Phi) is 4.43. The molecule has 2 aromatic carbocycles. The molecule has 2 heterocycles. The van der Waals surface area contributed by atoms with Gasteiger partial charge in [-0.2, -0.15) is 0 Å². The molecule has 2 aliphatic rings. The minimum atomic E-state index is 0.924. The standard InChI is InChI=1S/C21H23N3/c1-2-6-18-16(5-1)11-14-23-20-7-3-4-8-21(20)24-15-19(18)17-9-12-22-13-10-17/h1-8,15,22-23H,9-14H2. The fourth-order valence-corrected chi connectivity index (χ4v) is 3.55. The van der Waals surface area contributed by atoms with E-state index in [1.807, 2.05) is 0 Å². The normalized spacial score (nSPS) is 17.7. The van der Waals surface area contributed by atoms with Gasteiger partial charge in [0.1, 0.15) is 0 Å². The van der Waals surface area contributed by atoms with Crippen molar-refractivity contribution in [1.82, 2.24) is 5.32 Å². The molecule has 0 amide bonds. The summed E-state index contributed by atoms with van der Waals surface area (Å²) in [6, 6.07) is 17.1. The van der Waals surface area contributed by atoms with Crippen molar-refractivity contribution in [1.29, 1.82) is 0 Å². The molecule has 3 nitrogen and oxygen atoms in total. The Morgan fingerprint density at radius 2 is 1.58 bits per heavy atom. The van der Waals surface area contributed by atoms with Crippen molar-refractivity contribution >= 4 is 23.2 Å². The topological polar surface area (TPSA) is 36.4 Å². The first-order chi connectivity index (χ1) is 11.9. The first kappa shape index (κ1) is 15.2. The number of hydrogen-bond acceptors (Lipinski definition) is 3. The Hall–Kier alpha value is -2.39. The Morgan fingerprint density at radius 1 is 0.792 bits per heavy atom. The van der Waals surface area contributed by atoms with Crippen LogP contribution in [0.15, 0.2) is 59.1 Å². The van der Waals surface area contributed by atoms with E-state index in [1.54, 1.807) is 0 Å². The van der Waals surface area contributed by atoms with Crippen molar-refractivity contribution < 1.29 is 0 Å². The van der Waals surface area contributed by atoms with Crippen molar-refractivity contribution in [2.45, 2.75) is 19.3 Å². The monoisotopic (exact) mass is 317 g/mol. The van der Waals surface area contributed by atoms with Gasteiger partial charge in [0.05, 0.1) is 11.4 Å². The molecule has 0 saturated carbocycles. The van der Waals surface area contributed by atoms with E-state index in [9.17, 15) is 0 Å². The molecule has 1 saturated heterocycles. The van der Waals surface area contributed by atoms with Crippen LogP contribution < -0.4 is 10.6 Å². The summed E-state index contributed by atoms with van der Waals surface area (Å²) in [5.41, 5.74) is 7.72. The number of para-hydroxylation sites is 2. The molecular formula is C21H23N3. The Labute approximate surface area is 143 Å². The number of nitrogens with one attached hydrogen (secondary N) is 2. The Bertz CT molecular complexity index is 781. The lowest BCUT2D eigenvalue weighted by molar-refractivity contribution is 0.612. The molecule has 3 heteroatoms. The number of anilines is 1. The number of piperidine rings is 1. The zero-order chi connectivity index (χ0) is 16.2. The summed E-state index contributed by atoms with van der Waals surface area (Å²) in [4.78, 5) is 4.84. The van der Waals surface area contributed by atoms with E-state index >= 15 is 0 Å². The van der Waals surface area contributed by atoms with Crippen LogP contribution in [0.4, 0.5) is 11.4 Å². The van der Waals surface area contributed by atoms with Crippen LogP contribution in [0.3, 0.4) is 0 Å². The Morgan fingerprint density at radius 3 is 2.50 bits per heavy atom. The summed E-state index contributed by atoms with van der Waals surface area (Å²) in [7, 11) is 0. The molecule has 0 bridgehead atoms. The number of allylic oxidation sites excluding steroid dienone is 1. The predicted molar refractivity (Wildman–Crippen MR) is 102 cm³/mol. The summed E-state index contributed by atoms with van der Waals surface area (Å²) in [6.07, 6.45) is 5.32. The molecule has 24 heavy (non-hydrogen) atoms. The summed E-state index contributed by atoms with van der Waals surface area (Å²) in [5.74, 6) is 0. The largest absolute Gasteiger partial charge is 0.383 e. The highest BCUT2D eigenvalue weighted by Crippen LogP contribution is 2.30. The van der Waals surface area contributed by atoms with Gasteiger partial charge >= 0.3 is 0 Å². The van der Waals surface area contributed by atoms with Crippen molar-refractivity contribution in [3.8, 4) is 0 Å². The molecule has 4 rings (SSSR count). The summed E-state index contributed by atoms with van der Waals surface area (Å²) in [5, 5.41) is 6.98. The molecule has 2 aliphatic heterocycles. The van der Waals surface area contributed by atoms with Gasteiger partial charge in [0.15, 0.2) is 0 Å². The van der Waals surface area contributed by atoms with Crippen LogP contribution in [0.25, 0.3) is 5.57 Å². The number of nitrogens with zero attached hydrogens (tertiary/aromatic N) is 1. The van der Waals surface area contributed by atoms with E-state index in [0.717, 1.165) is 50.3 Å². The van der Waals surface area contributed by atoms with Gasteiger partial charge in [-0.05, 0) is 61.2 Å². The van der Waals surface area contributed by atoms with Gasteiger partial charge in [-0.15, -0.1) is 0 Å². The molecule has 0 unspecified atom stereocenters. The van der Waals surface area contributed by atoms with Crippen molar-refractivity contribution in [3.05, 3.63) is 65.2 Å². The van der Waals surface area contributed by atoms with Crippen LogP contribution in [0.5, 0.6) is 0 Å². The van der Waals surface area contributed by atoms with Gasteiger partial charge in [-0.1, -0.05) is 42.0 Å². The summed E-state index contributed by atoms with van der Waals surface area (Å²) < 4.78 is 0. The van der Waals surface area contributed by atoms with Gasteiger partial charge in [-0.3, -0.25) is 4.99 Å². The number of rotatable bonds is 0. The van der Waals surface area contributed by atoms with E-state index < -0.39 is 0 Å². The highest BCUT2D eigenvalue weighted by molar-refractivity contribution is 6.12. The number of hydrogen-bond donors (Lipinski definition) is 2. The van der Waals surface area contributed by atoms with Crippen LogP contribution in [-0.4, -0.2) is 25.8 Å². The van der Waals surface area contributed by atoms with E-state index in [0.29, 0.717) is 0 Å². The van der Waals surface area contributed by atoms with Crippen LogP contribution in [0.2, 0.25) is 0 Å². The third-order valence-corrected chi connectivity index (χ3v) is 4.84. The molecule has 2 aromatic rings. The number of benzene rings is 2. The molecular weight excluding hydrogens is 294 g/mol. The zero-order valence-electron chi connectivity index (χ0n) is 13.9. The van der Waals surface area contributed by atoms with Crippen LogP contribution >= 0.6 is 0 Å². The molecule has 122 valence electrons. The van der Waals surface area contributed by atoms with Gasteiger partial charge < -0.3 is 10.6 Å². The van der Waals surface area contributed by atoms with Gasteiger partial charge in [0.2, 0.25) is 0 Å². The van der Waals surface area contributed by atoms with Crippen molar-refractivity contribution in [2.75, 3.05) is 25.0 Å². The predicted octanol–water partition coefficient (Wildman–Crippen LogP) is 4.19. The summed E-state index contributed by atoms with van der Waals surface area (Å²) >= 11 is 0. The van der Waals surface area contributed by atoms with Crippen LogP contribution in [0, 0.1) is 0 Å². The van der Waals surface area contributed by atoms with E-state index in [4.69, 9.17) is 4.99 Å². The fraction of sp³-hybridized carbons (Fsp3) is 0.286. The fourth-order valence-electron chi connectivity index (χ4n) is 3.55. The third-order valence-electron chi connectivity index (χ3n) is 4.84. The molecule has 0 spiro atoms. The van der Waals surface area contributed by atoms with Gasteiger partial charge in [-0.25, -0.2) is 0 Å². The van der Waals surface area contributed by atoms with Gasteiger partial charge in [0.25, 0.3) is 0 Å². The second-order valence-corrected chi connectivity index (χ2v) is 6.38. The first-order valence-electron chi connectivity index (χ1n) is 8.80. The van der Waals surface area contributed by atoms with E-state index in [-0.39, 0.29) is 0 Å². The molecule has 0 radical (unpaired) electrons. The number of fused-ring (bicyclic) bond motifs is 2. The Balaban J connectivity index is 1.85. The third kappa shape index (κ3) is 3.13. The van der Waals surface area contributed by atoms with Crippen molar-refractivity contribution in [2.24, 2.45) is 4.99 Å². The molecule has 2 N–H and O–H groups in total. The average molecular weight is 317 g/mol. The van der Waals surface area contributed by atoms with Crippen LogP contribution in [-0.2, 0) is 6.42 Å². The SMILES string of the molecule is C1=Nc2ccccc2NCCc2ccccc2C1=C1CCNCC1. The minimum absolute atomic E-state index is 0.924. The molecule has 1 fully saturated rings. The van der Waals surface area contributed by atoms with E-state index in [1.165, 1.54) is 22.3 Å². The average Bonchev–Trinajstić information content (AvgIpc) is 2.65. The second kappa shape index (κ2) is 7.02. The van der Waals surface area contributed by atoms with Crippen molar-refractivity contribution in [3.63, 3.8) is 0 Å². The highest BCUT2D eigenvalue weighted by atomic mass is 14.9. The maximum Gasteiger partial charge on any atom is 0.0861 e. The highest BCUT2D eigenvalue weighted by Gasteiger charge is 2.15. The lowest BCUT2D eigenvalue weighted by Crippen LogP contribution is -2.24. The maximum absolute atomic E-state index is 4.84.